The number of halogens is 3. The summed E-state index contributed by atoms with van der Waals surface area (Å²) in [4.78, 5) is 38.0. The fraction of sp³-hybridized carbons (Fsp3) is 0.160. The number of hydrogen-bond donors (Lipinski definition) is 1. The molecule has 12 heteroatoms. The van der Waals surface area contributed by atoms with Gasteiger partial charge in [-0.05, 0) is 63.5 Å². The number of methoxy groups -OCH3 is 2. The summed E-state index contributed by atoms with van der Waals surface area (Å²) < 4.78 is 22.8. The maximum atomic E-state index is 13.0. The van der Waals surface area contributed by atoms with Crippen LogP contribution in [0.25, 0.3) is 6.08 Å². The Morgan fingerprint density at radius 3 is 2.54 bits per heavy atom. The van der Waals surface area contributed by atoms with Crippen LogP contribution < -0.4 is 14.8 Å². The van der Waals surface area contributed by atoms with Crippen molar-refractivity contribution in [1.29, 1.82) is 0 Å². The minimum absolute atomic E-state index is 0.0205. The highest BCUT2D eigenvalue weighted by Crippen LogP contribution is 2.43. The van der Waals surface area contributed by atoms with Crippen molar-refractivity contribution in [2.75, 3.05) is 14.2 Å². The van der Waals surface area contributed by atoms with Crippen LogP contribution in [-0.4, -0.2) is 37.0 Å². The van der Waals surface area contributed by atoms with E-state index < -0.39 is 17.9 Å². The molecule has 4 rings (SSSR count). The molecule has 1 aliphatic heterocycles. The number of urea groups is 1. The average molecular weight is 655 g/mol. The summed E-state index contributed by atoms with van der Waals surface area (Å²) in [7, 11) is 2.69. The quantitative estimate of drug-likeness (QED) is 0.183. The molecule has 2 aromatic carbocycles. The topological polar surface area (TPSA) is 107 Å². The van der Waals surface area contributed by atoms with Crippen LogP contribution in [-0.2, 0) is 22.7 Å². The summed E-state index contributed by atoms with van der Waals surface area (Å²) in [5, 5.41) is 2.78. The van der Waals surface area contributed by atoms with Crippen molar-refractivity contribution in [3.05, 3.63) is 84.8 Å². The molecule has 1 aliphatic rings. The van der Waals surface area contributed by atoms with E-state index in [9.17, 15) is 14.4 Å². The second-order valence-corrected chi connectivity index (χ2v) is 9.76. The Labute approximate surface area is 233 Å². The molecule has 1 N–H and O–H groups in total. The van der Waals surface area contributed by atoms with Crippen molar-refractivity contribution in [2.24, 2.45) is 0 Å². The average Bonchev–Trinajstić information content (AvgIpc) is 3.47. The molecule has 0 saturated carbocycles. The first kappa shape index (κ1) is 26.8. The first-order chi connectivity index (χ1) is 17.7. The predicted octanol–water partition coefficient (Wildman–Crippen LogP) is 5.93. The lowest BCUT2D eigenvalue weighted by atomic mass is 10.1. The number of nitrogens with zero attached hydrogens (tertiary/aromatic N) is 1. The highest BCUT2D eigenvalue weighted by atomic mass is 79.9. The smallest absolute Gasteiger partial charge is 0.373 e. The Bertz CT molecular complexity index is 1400. The Hall–Kier alpha value is -3.28. The van der Waals surface area contributed by atoms with Gasteiger partial charge in [0.25, 0.3) is 5.91 Å². The van der Waals surface area contributed by atoms with E-state index in [0.29, 0.717) is 21.5 Å². The zero-order valence-corrected chi connectivity index (χ0v) is 23.4. The van der Waals surface area contributed by atoms with Gasteiger partial charge in [0.15, 0.2) is 11.5 Å². The highest BCUT2D eigenvalue weighted by molar-refractivity contribution is 9.10. The maximum absolute atomic E-state index is 13.0. The van der Waals surface area contributed by atoms with Gasteiger partial charge in [-0.25, -0.2) is 9.59 Å². The Morgan fingerprint density at radius 2 is 1.86 bits per heavy atom. The summed E-state index contributed by atoms with van der Waals surface area (Å²) in [6, 6.07) is 11.5. The lowest BCUT2D eigenvalue weighted by Gasteiger charge is -2.15. The summed E-state index contributed by atoms with van der Waals surface area (Å²) in [5.74, 6) is -0.375. The fourth-order valence-corrected chi connectivity index (χ4v) is 4.36. The number of nitrogens with one attached hydrogen (secondary N) is 1. The summed E-state index contributed by atoms with van der Waals surface area (Å²) in [5.41, 5.74) is 1.43. The van der Waals surface area contributed by atoms with Gasteiger partial charge < -0.3 is 23.9 Å². The second kappa shape index (κ2) is 11.4. The van der Waals surface area contributed by atoms with Gasteiger partial charge in [-0.2, -0.15) is 0 Å². The van der Waals surface area contributed by atoms with Gasteiger partial charge in [-0.1, -0.05) is 39.7 Å². The number of imide groups is 1. The highest BCUT2D eigenvalue weighted by Gasteiger charge is 2.35. The molecule has 0 bridgehead atoms. The number of carbonyl (C=O) groups is 3. The molecule has 0 aliphatic carbocycles. The van der Waals surface area contributed by atoms with Crippen LogP contribution in [0.15, 0.2) is 61.5 Å². The molecule has 192 valence electrons. The Balaban J connectivity index is 1.55. The van der Waals surface area contributed by atoms with Crippen molar-refractivity contribution in [1.82, 2.24) is 10.2 Å². The third-order valence-electron chi connectivity index (χ3n) is 5.30. The second-order valence-electron chi connectivity index (χ2n) is 7.68. The molecule has 2 heterocycles. The molecule has 0 radical (unpaired) electrons. The van der Waals surface area contributed by atoms with Gasteiger partial charge in [-0.3, -0.25) is 9.69 Å². The van der Waals surface area contributed by atoms with Crippen LogP contribution in [0, 0.1) is 0 Å². The fourth-order valence-electron chi connectivity index (χ4n) is 3.43. The van der Waals surface area contributed by atoms with Gasteiger partial charge in [0.1, 0.15) is 23.1 Å². The molecule has 0 spiro atoms. The summed E-state index contributed by atoms with van der Waals surface area (Å²) in [6.07, 6.45) is 1.47. The molecule has 9 nitrogen and oxygen atoms in total. The van der Waals surface area contributed by atoms with E-state index in [1.54, 1.807) is 6.07 Å². The lowest BCUT2D eigenvalue weighted by molar-refractivity contribution is -0.123. The third kappa shape index (κ3) is 5.84. The SMILES string of the molecule is COC(=O)c1ccc(CN2C(=O)N/C(=C\c3cc(OC)c(OCc4ccc(Br)cc4)c(Cl)c3Br)C2=O)o1. The third-order valence-corrected chi connectivity index (χ3v) is 7.27. The van der Waals surface area contributed by atoms with E-state index >= 15 is 0 Å². The summed E-state index contributed by atoms with van der Waals surface area (Å²) in [6.45, 7) is 0.0806. The van der Waals surface area contributed by atoms with Crippen LogP contribution in [0.1, 0.15) is 27.4 Å². The van der Waals surface area contributed by atoms with Crippen LogP contribution >= 0.6 is 43.5 Å². The summed E-state index contributed by atoms with van der Waals surface area (Å²) >= 11 is 13.4. The first-order valence-corrected chi connectivity index (χ1v) is 12.6. The van der Waals surface area contributed by atoms with Crippen LogP contribution in [0.3, 0.4) is 0 Å². The molecular formula is C25H19Br2ClN2O7. The standard InChI is InChI=1S/C25H19Br2ClN2O7/c1-34-19-10-14(20(27)21(28)22(19)36-12-13-3-5-15(26)6-4-13)9-17-23(31)30(25(33)29-17)11-16-7-8-18(37-16)24(32)35-2/h3-10H,11-12H2,1-2H3,(H,29,33)/b17-9-. The van der Waals surface area contributed by atoms with Gasteiger partial charge in [0.2, 0.25) is 5.76 Å². The van der Waals surface area contributed by atoms with E-state index in [2.05, 4.69) is 41.9 Å². The zero-order chi connectivity index (χ0) is 26.7. The van der Waals surface area contributed by atoms with Gasteiger partial charge in [0.05, 0.1) is 20.8 Å². The van der Waals surface area contributed by atoms with E-state index in [0.717, 1.165) is 14.9 Å². The monoisotopic (exact) mass is 652 g/mol. The van der Waals surface area contributed by atoms with E-state index in [1.807, 2.05) is 24.3 Å². The largest absolute Gasteiger partial charge is 0.493 e. The van der Waals surface area contributed by atoms with Gasteiger partial charge in [0, 0.05) is 8.95 Å². The normalized spacial score (nSPS) is 14.2. The minimum Gasteiger partial charge on any atom is -0.493 e. The van der Waals surface area contributed by atoms with Crippen molar-refractivity contribution < 1.29 is 33.0 Å². The van der Waals surface area contributed by atoms with Crippen LogP contribution in [0.2, 0.25) is 5.02 Å². The minimum atomic E-state index is -0.663. The van der Waals surface area contributed by atoms with Crippen molar-refractivity contribution in [2.45, 2.75) is 13.2 Å². The molecule has 1 fully saturated rings. The Morgan fingerprint density at radius 1 is 1.14 bits per heavy atom. The van der Waals surface area contributed by atoms with E-state index in [1.165, 1.54) is 32.4 Å². The maximum Gasteiger partial charge on any atom is 0.373 e. The molecule has 3 aromatic rings. The number of rotatable bonds is 8. The lowest BCUT2D eigenvalue weighted by Crippen LogP contribution is -2.30. The number of hydrogen-bond acceptors (Lipinski definition) is 7. The Kier molecular flexibility index (Phi) is 8.25. The number of furan rings is 1. The first-order valence-electron chi connectivity index (χ1n) is 10.7. The number of amides is 3. The molecule has 37 heavy (non-hydrogen) atoms. The van der Waals surface area contributed by atoms with Crippen LogP contribution in [0.5, 0.6) is 11.5 Å². The van der Waals surface area contributed by atoms with Crippen molar-refractivity contribution in [3.63, 3.8) is 0 Å². The van der Waals surface area contributed by atoms with E-state index in [4.69, 9.17) is 25.5 Å². The van der Waals surface area contributed by atoms with Gasteiger partial charge in [-0.15, -0.1) is 0 Å². The number of ether oxygens (including phenoxy) is 3. The number of carbonyl (C=O) groups excluding carboxylic acids is 3. The van der Waals surface area contributed by atoms with Crippen molar-refractivity contribution >= 4 is 67.4 Å². The van der Waals surface area contributed by atoms with Crippen LogP contribution in [0.4, 0.5) is 4.79 Å². The molecular weight excluding hydrogens is 636 g/mol. The molecule has 3 amide bonds. The number of benzene rings is 2. The molecule has 1 aromatic heterocycles. The predicted molar refractivity (Wildman–Crippen MR) is 141 cm³/mol. The van der Waals surface area contributed by atoms with Crippen molar-refractivity contribution in [3.8, 4) is 11.5 Å². The van der Waals surface area contributed by atoms with E-state index in [-0.39, 0.29) is 35.4 Å². The number of esters is 1. The van der Waals surface area contributed by atoms with Gasteiger partial charge >= 0.3 is 12.0 Å². The molecule has 0 unspecified atom stereocenters. The zero-order valence-electron chi connectivity index (χ0n) is 19.5. The molecule has 0 atom stereocenters. The molecule has 1 saturated heterocycles.